The molecular weight excluding hydrogens is 210 g/mol. The van der Waals surface area contributed by atoms with Gasteiger partial charge in [-0.3, -0.25) is 0 Å². The zero-order valence-electron chi connectivity index (χ0n) is 10.0. The minimum atomic E-state index is 0.390. The third-order valence-electron chi connectivity index (χ3n) is 2.98. The average molecular weight is 227 g/mol. The lowest BCUT2D eigenvalue weighted by Gasteiger charge is -2.13. The van der Waals surface area contributed by atoms with Crippen LogP contribution in [-0.4, -0.2) is 16.0 Å². The lowest BCUT2D eigenvalue weighted by atomic mass is 10.1. The first-order chi connectivity index (χ1) is 8.35. The minimum Gasteiger partial charge on any atom is -0.346 e. The fourth-order valence-electron chi connectivity index (χ4n) is 1.92. The van der Waals surface area contributed by atoms with Crippen molar-refractivity contribution in [3.8, 4) is 12.3 Å². The summed E-state index contributed by atoms with van der Waals surface area (Å²) in [4.78, 5) is 7.44. The number of pyridine rings is 1. The number of terminal acetylenes is 1. The van der Waals surface area contributed by atoms with Gasteiger partial charge in [-0.15, -0.1) is 12.3 Å². The highest BCUT2D eigenvalue weighted by Gasteiger charge is 2.07. The van der Waals surface area contributed by atoms with E-state index in [0.717, 1.165) is 25.0 Å². The second-order valence-electron chi connectivity index (χ2n) is 4.11. The standard InChI is InChI=1S/C14H17N3/c1-3-6-12(4-2)16-9-11-10-17-14-13(11)7-5-8-15-14/h1,5,7-8,10,12,16H,4,6,9H2,2H3,(H,15,17). The van der Waals surface area contributed by atoms with Crippen LogP contribution in [0.3, 0.4) is 0 Å². The Hall–Kier alpha value is -1.79. The summed E-state index contributed by atoms with van der Waals surface area (Å²) in [5, 5.41) is 4.65. The van der Waals surface area contributed by atoms with Gasteiger partial charge in [-0.1, -0.05) is 6.92 Å². The van der Waals surface area contributed by atoms with Gasteiger partial charge in [-0.2, -0.15) is 0 Å². The van der Waals surface area contributed by atoms with Crippen molar-refractivity contribution in [3.63, 3.8) is 0 Å². The van der Waals surface area contributed by atoms with Crippen LogP contribution in [0.15, 0.2) is 24.5 Å². The molecule has 17 heavy (non-hydrogen) atoms. The van der Waals surface area contributed by atoms with Gasteiger partial charge in [0.25, 0.3) is 0 Å². The van der Waals surface area contributed by atoms with Crippen molar-refractivity contribution < 1.29 is 0 Å². The molecule has 0 aliphatic carbocycles. The van der Waals surface area contributed by atoms with Crippen LogP contribution in [0, 0.1) is 12.3 Å². The Morgan fingerprint density at radius 1 is 1.59 bits per heavy atom. The number of nitrogens with zero attached hydrogens (tertiary/aromatic N) is 1. The molecule has 0 bridgehead atoms. The minimum absolute atomic E-state index is 0.390. The summed E-state index contributed by atoms with van der Waals surface area (Å²) < 4.78 is 0. The molecule has 1 unspecified atom stereocenters. The third-order valence-corrected chi connectivity index (χ3v) is 2.98. The van der Waals surface area contributed by atoms with Crippen molar-refractivity contribution in [2.45, 2.75) is 32.4 Å². The molecule has 0 amide bonds. The summed E-state index contributed by atoms with van der Waals surface area (Å²) in [5.74, 6) is 2.70. The highest BCUT2D eigenvalue weighted by Crippen LogP contribution is 2.15. The van der Waals surface area contributed by atoms with Crippen molar-refractivity contribution >= 4 is 11.0 Å². The molecule has 3 nitrogen and oxygen atoms in total. The fraction of sp³-hybridized carbons (Fsp3) is 0.357. The van der Waals surface area contributed by atoms with E-state index in [9.17, 15) is 0 Å². The summed E-state index contributed by atoms with van der Waals surface area (Å²) in [6, 6.07) is 4.43. The molecule has 2 aromatic heterocycles. The zero-order chi connectivity index (χ0) is 12.1. The van der Waals surface area contributed by atoms with E-state index in [2.05, 4.69) is 34.2 Å². The number of fused-ring (bicyclic) bond motifs is 1. The first-order valence-corrected chi connectivity index (χ1v) is 5.93. The Bertz CT molecular complexity index is 521. The predicted octanol–water partition coefficient (Wildman–Crippen LogP) is 2.45. The summed E-state index contributed by atoms with van der Waals surface area (Å²) >= 11 is 0. The molecule has 3 heteroatoms. The van der Waals surface area contributed by atoms with Gasteiger partial charge in [0.2, 0.25) is 0 Å². The van der Waals surface area contributed by atoms with Crippen LogP contribution in [0.4, 0.5) is 0 Å². The molecule has 0 radical (unpaired) electrons. The molecule has 2 heterocycles. The Morgan fingerprint density at radius 3 is 3.24 bits per heavy atom. The molecular formula is C14H17N3. The highest BCUT2D eigenvalue weighted by molar-refractivity contribution is 5.79. The van der Waals surface area contributed by atoms with Crippen molar-refractivity contribution in [1.29, 1.82) is 0 Å². The topological polar surface area (TPSA) is 40.7 Å². The Labute approximate surface area is 102 Å². The van der Waals surface area contributed by atoms with E-state index < -0.39 is 0 Å². The number of nitrogens with one attached hydrogen (secondary N) is 2. The molecule has 2 rings (SSSR count). The molecule has 0 saturated heterocycles. The smallest absolute Gasteiger partial charge is 0.137 e. The number of aromatic nitrogens is 2. The van der Waals surface area contributed by atoms with Gasteiger partial charge in [0.1, 0.15) is 5.65 Å². The summed E-state index contributed by atoms with van der Waals surface area (Å²) in [6.07, 6.45) is 11.0. The number of hydrogen-bond acceptors (Lipinski definition) is 2. The largest absolute Gasteiger partial charge is 0.346 e. The number of rotatable bonds is 5. The maximum absolute atomic E-state index is 5.34. The normalized spacial score (nSPS) is 12.5. The van der Waals surface area contributed by atoms with Crippen LogP contribution in [0.25, 0.3) is 11.0 Å². The molecule has 2 N–H and O–H groups in total. The molecule has 2 aromatic rings. The summed E-state index contributed by atoms with van der Waals surface area (Å²) in [5.41, 5.74) is 2.18. The maximum atomic E-state index is 5.34. The van der Waals surface area contributed by atoms with E-state index in [4.69, 9.17) is 6.42 Å². The number of aromatic amines is 1. The van der Waals surface area contributed by atoms with E-state index in [1.807, 2.05) is 12.3 Å². The van der Waals surface area contributed by atoms with Crippen LogP contribution in [0.5, 0.6) is 0 Å². The van der Waals surface area contributed by atoms with Gasteiger partial charge in [0.15, 0.2) is 0 Å². The molecule has 88 valence electrons. The average Bonchev–Trinajstić information content (AvgIpc) is 2.78. The first-order valence-electron chi connectivity index (χ1n) is 5.93. The second-order valence-corrected chi connectivity index (χ2v) is 4.11. The second kappa shape index (κ2) is 5.51. The van der Waals surface area contributed by atoms with Crippen molar-refractivity contribution in [2.75, 3.05) is 0 Å². The van der Waals surface area contributed by atoms with Crippen molar-refractivity contribution in [2.24, 2.45) is 0 Å². The van der Waals surface area contributed by atoms with Gasteiger partial charge in [-0.05, 0) is 24.1 Å². The molecule has 0 aliphatic heterocycles. The third kappa shape index (κ3) is 2.66. The Kier molecular flexibility index (Phi) is 3.79. The zero-order valence-corrected chi connectivity index (χ0v) is 10.0. The van der Waals surface area contributed by atoms with Crippen LogP contribution in [0.2, 0.25) is 0 Å². The molecule has 1 atom stereocenters. The predicted molar refractivity (Wildman–Crippen MR) is 70.5 cm³/mol. The molecule has 0 fully saturated rings. The lowest BCUT2D eigenvalue weighted by Crippen LogP contribution is -2.27. The van der Waals surface area contributed by atoms with Crippen LogP contribution in [0.1, 0.15) is 25.3 Å². The van der Waals surface area contributed by atoms with E-state index in [1.54, 1.807) is 6.20 Å². The van der Waals surface area contributed by atoms with Crippen LogP contribution in [-0.2, 0) is 6.54 Å². The van der Waals surface area contributed by atoms with Gasteiger partial charge in [0, 0.05) is 36.8 Å². The van der Waals surface area contributed by atoms with Crippen LogP contribution < -0.4 is 5.32 Å². The fourth-order valence-corrected chi connectivity index (χ4v) is 1.92. The van der Waals surface area contributed by atoms with Crippen LogP contribution >= 0.6 is 0 Å². The van der Waals surface area contributed by atoms with Gasteiger partial charge in [-0.25, -0.2) is 4.98 Å². The summed E-state index contributed by atoms with van der Waals surface area (Å²) in [7, 11) is 0. The SMILES string of the molecule is C#CCC(CC)NCc1c[nH]c2ncccc12. The Morgan fingerprint density at radius 2 is 2.47 bits per heavy atom. The van der Waals surface area contributed by atoms with E-state index in [0.29, 0.717) is 6.04 Å². The van der Waals surface area contributed by atoms with Crippen molar-refractivity contribution in [1.82, 2.24) is 15.3 Å². The van der Waals surface area contributed by atoms with Gasteiger partial charge < -0.3 is 10.3 Å². The molecule has 0 aliphatic rings. The lowest BCUT2D eigenvalue weighted by molar-refractivity contribution is 0.508. The maximum Gasteiger partial charge on any atom is 0.137 e. The molecule has 0 saturated carbocycles. The van der Waals surface area contributed by atoms with E-state index in [-0.39, 0.29) is 0 Å². The molecule has 0 spiro atoms. The Balaban J connectivity index is 2.06. The number of hydrogen-bond donors (Lipinski definition) is 2. The number of H-pyrrole nitrogens is 1. The summed E-state index contributed by atoms with van der Waals surface area (Å²) in [6.45, 7) is 2.97. The highest BCUT2D eigenvalue weighted by atomic mass is 14.9. The van der Waals surface area contributed by atoms with E-state index >= 15 is 0 Å². The first kappa shape index (κ1) is 11.7. The monoisotopic (exact) mass is 227 g/mol. The van der Waals surface area contributed by atoms with Gasteiger partial charge >= 0.3 is 0 Å². The molecule has 0 aromatic carbocycles. The van der Waals surface area contributed by atoms with E-state index in [1.165, 1.54) is 10.9 Å². The van der Waals surface area contributed by atoms with Gasteiger partial charge in [0.05, 0.1) is 0 Å². The van der Waals surface area contributed by atoms with Crippen molar-refractivity contribution in [3.05, 3.63) is 30.1 Å². The quantitative estimate of drug-likeness (QED) is 0.770.